The number of nitrogens with one attached hydrogen (secondary N) is 1. The van der Waals surface area contributed by atoms with Gasteiger partial charge in [0.2, 0.25) is 0 Å². The van der Waals surface area contributed by atoms with Crippen LogP contribution in [0.25, 0.3) is 11.2 Å². The van der Waals surface area contributed by atoms with Gasteiger partial charge in [0.05, 0.1) is 0 Å². The normalized spacial score (nSPS) is 10.6. The van der Waals surface area contributed by atoms with E-state index in [1.165, 1.54) is 3.71 Å². The molecular weight excluding hydrogens is 245 g/mol. The third-order valence-corrected chi connectivity index (χ3v) is 3.67. The molecule has 0 spiro atoms. The Morgan fingerprint density at radius 2 is 2.45 bits per heavy atom. The average Bonchev–Trinajstić information content (AvgIpc) is 2.50. The van der Waals surface area contributed by atoms with Crippen molar-refractivity contribution in [1.82, 2.24) is 15.0 Å². The van der Waals surface area contributed by atoms with Crippen LogP contribution < -0.4 is 3.71 Å². The Bertz CT molecular complexity index is 368. The van der Waals surface area contributed by atoms with Gasteiger partial charge < -0.3 is 0 Å². The fraction of sp³-hybridized carbons (Fsp3) is 0.143. The molecule has 0 aromatic carbocycles. The molecule has 0 amide bonds. The van der Waals surface area contributed by atoms with Crippen molar-refractivity contribution < 1.29 is 0 Å². The number of nitrogens with zero attached hydrogens (tertiary/aromatic N) is 2. The van der Waals surface area contributed by atoms with Crippen molar-refractivity contribution in [3.05, 3.63) is 18.5 Å². The van der Waals surface area contributed by atoms with Gasteiger partial charge in [-0.2, -0.15) is 0 Å². The molecular formula is C7H7N3Sn. The molecule has 11 heavy (non-hydrogen) atoms. The SMILES string of the molecule is [CH3][Sn][c]1cnc2[nH]ccc2n1. The van der Waals surface area contributed by atoms with E-state index in [-0.39, 0.29) is 0 Å². The topological polar surface area (TPSA) is 41.6 Å². The van der Waals surface area contributed by atoms with Crippen LogP contribution in [-0.4, -0.2) is 36.1 Å². The van der Waals surface area contributed by atoms with Gasteiger partial charge in [-0.1, -0.05) is 0 Å². The van der Waals surface area contributed by atoms with Gasteiger partial charge in [-0.05, 0) is 0 Å². The summed E-state index contributed by atoms with van der Waals surface area (Å²) in [5.41, 5.74) is 1.88. The first-order valence-corrected chi connectivity index (χ1v) is 7.66. The van der Waals surface area contributed by atoms with Crippen LogP contribution in [-0.2, 0) is 0 Å². The molecule has 2 aromatic heterocycles. The minimum absolute atomic E-state index is 0.410. The molecule has 2 radical (unpaired) electrons. The van der Waals surface area contributed by atoms with E-state index in [4.69, 9.17) is 0 Å². The third-order valence-electron chi connectivity index (χ3n) is 1.52. The van der Waals surface area contributed by atoms with E-state index in [0.717, 1.165) is 11.2 Å². The van der Waals surface area contributed by atoms with Gasteiger partial charge >= 0.3 is 74.4 Å². The summed E-state index contributed by atoms with van der Waals surface area (Å²) in [6.07, 6.45) is 3.75. The van der Waals surface area contributed by atoms with E-state index in [2.05, 4.69) is 19.9 Å². The van der Waals surface area contributed by atoms with Gasteiger partial charge in [0.25, 0.3) is 0 Å². The molecule has 2 rings (SSSR count). The van der Waals surface area contributed by atoms with Crippen LogP contribution in [0.4, 0.5) is 0 Å². The molecule has 54 valence electrons. The van der Waals surface area contributed by atoms with E-state index >= 15 is 0 Å². The van der Waals surface area contributed by atoms with Gasteiger partial charge in [-0.25, -0.2) is 0 Å². The number of rotatable bonds is 1. The van der Waals surface area contributed by atoms with Crippen molar-refractivity contribution in [3.8, 4) is 0 Å². The van der Waals surface area contributed by atoms with E-state index in [9.17, 15) is 0 Å². The van der Waals surface area contributed by atoms with Crippen molar-refractivity contribution >= 4 is 36.0 Å². The second-order valence-corrected chi connectivity index (χ2v) is 5.11. The first-order chi connectivity index (χ1) is 5.40. The monoisotopic (exact) mass is 253 g/mol. The predicted octanol–water partition coefficient (Wildman–Crippen LogP) is 0.335. The maximum atomic E-state index is 4.44. The molecule has 0 aliphatic heterocycles. The summed E-state index contributed by atoms with van der Waals surface area (Å²) < 4.78 is 1.21. The Hall–Kier alpha value is -0.581. The first kappa shape index (κ1) is 7.09. The summed E-state index contributed by atoms with van der Waals surface area (Å²) in [4.78, 5) is 13.9. The van der Waals surface area contributed by atoms with Crippen LogP contribution in [0.2, 0.25) is 4.94 Å². The van der Waals surface area contributed by atoms with E-state index < -0.39 is 21.1 Å². The van der Waals surface area contributed by atoms with Crippen LogP contribution in [0, 0.1) is 0 Å². The Balaban J connectivity index is 2.67. The van der Waals surface area contributed by atoms with Gasteiger partial charge in [0.15, 0.2) is 0 Å². The molecule has 0 atom stereocenters. The van der Waals surface area contributed by atoms with Crippen molar-refractivity contribution in [3.63, 3.8) is 0 Å². The van der Waals surface area contributed by atoms with E-state index in [0.29, 0.717) is 0 Å². The fourth-order valence-electron chi connectivity index (χ4n) is 0.951. The van der Waals surface area contributed by atoms with E-state index in [1.807, 2.05) is 18.5 Å². The molecule has 0 fully saturated rings. The van der Waals surface area contributed by atoms with Crippen LogP contribution in [0.15, 0.2) is 18.5 Å². The minimum atomic E-state index is -0.410. The predicted molar refractivity (Wildman–Crippen MR) is 45.1 cm³/mol. The number of H-pyrrole nitrogens is 1. The fourth-order valence-corrected chi connectivity index (χ4v) is 2.17. The third kappa shape index (κ3) is 1.24. The number of hydrogen-bond acceptors (Lipinski definition) is 2. The van der Waals surface area contributed by atoms with E-state index in [1.54, 1.807) is 0 Å². The molecule has 0 bridgehead atoms. The summed E-state index contributed by atoms with van der Waals surface area (Å²) in [6.45, 7) is 0. The molecule has 0 saturated heterocycles. The van der Waals surface area contributed by atoms with Crippen molar-refractivity contribution in [2.24, 2.45) is 0 Å². The summed E-state index contributed by atoms with van der Waals surface area (Å²) in [5.74, 6) is 0. The first-order valence-electron chi connectivity index (χ1n) is 3.38. The summed E-state index contributed by atoms with van der Waals surface area (Å²) in [6, 6.07) is 1.96. The number of hydrogen-bond donors (Lipinski definition) is 1. The molecule has 2 aromatic rings. The quantitative estimate of drug-likeness (QED) is 0.743. The molecule has 0 unspecified atom stereocenters. The van der Waals surface area contributed by atoms with Crippen molar-refractivity contribution in [2.45, 2.75) is 4.94 Å². The van der Waals surface area contributed by atoms with Crippen LogP contribution in [0.1, 0.15) is 0 Å². The molecule has 4 heteroatoms. The zero-order valence-corrected chi connectivity index (χ0v) is 8.98. The molecule has 3 nitrogen and oxygen atoms in total. The van der Waals surface area contributed by atoms with Crippen LogP contribution in [0.3, 0.4) is 0 Å². The second-order valence-electron chi connectivity index (χ2n) is 2.22. The van der Waals surface area contributed by atoms with Gasteiger partial charge in [-0.15, -0.1) is 0 Å². The molecule has 1 N–H and O–H groups in total. The Kier molecular flexibility index (Phi) is 1.81. The maximum absolute atomic E-state index is 4.44. The second kappa shape index (κ2) is 2.81. The van der Waals surface area contributed by atoms with Gasteiger partial charge in [0, 0.05) is 0 Å². The number of aromatic nitrogens is 3. The molecule has 0 saturated carbocycles. The zero-order valence-electron chi connectivity index (χ0n) is 6.13. The molecule has 0 aliphatic rings. The molecule has 0 aliphatic carbocycles. The molecule has 2 heterocycles. The van der Waals surface area contributed by atoms with Crippen molar-refractivity contribution in [2.75, 3.05) is 0 Å². The van der Waals surface area contributed by atoms with Crippen molar-refractivity contribution in [1.29, 1.82) is 0 Å². The Morgan fingerprint density at radius 3 is 3.27 bits per heavy atom. The van der Waals surface area contributed by atoms with Gasteiger partial charge in [0.1, 0.15) is 0 Å². The standard InChI is InChI=1S/C6H4N3.CH3.Sn/c1-2-8-6-5(1)7-3-4-9-6;;/h1-2,4H,(H,8,9);1H3;. The van der Waals surface area contributed by atoms with Gasteiger partial charge in [-0.3, -0.25) is 0 Å². The zero-order chi connectivity index (χ0) is 7.68. The number of aromatic amines is 1. The summed E-state index contributed by atoms with van der Waals surface area (Å²) in [5, 5.41) is 0. The van der Waals surface area contributed by atoms with Crippen LogP contribution in [0.5, 0.6) is 0 Å². The summed E-state index contributed by atoms with van der Waals surface area (Å²) in [7, 11) is 0. The average molecular weight is 252 g/mol. The summed E-state index contributed by atoms with van der Waals surface area (Å²) >= 11 is -0.410. The Labute approximate surface area is 74.5 Å². The van der Waals surface area contributed by atoms with Crippen LogP contribution >= 0.6 is 0 Å². The Morgan fingerprint density at radius 1 is 1.55 bits per heavy atom. The number of fused-ring (bicyclic) bond motifs is 1.